The van der Waals surface area contributed by atoms with Crippen molar-refractivity contribution >= 4 is 29.9 Å². The van der Waals surface area contributed by atoms with E-state index in [4.69, 9.17) is 11.6 Å². The highest BCUT2D eigenvalue weighted by Gasteiger charge is 2.36. The fourth-order valence-corrected chi connectivity index (χ4v) is 3.54. The maximum absolute atomic E-state index is 14.0. The highest BCUT2D eigenvalue weighted by molar-refractivity contribution is 6.31. The van der Waals surface area contributed by atoms with Crippen molar-refractivity contribution in [2.45, 2.75) is 43.8 Å². The highest BCUT2D eigenvalue weighted by atomic mass is 35.5. The molecule has 1 amide bonds. The fraction of sp³-hybridized carbons (Fsp3) is 0.533. The molecule has 2 bridgehead atoms. The zero-order valence-electron chi connectivity index (χ0n) is 11.8. The molecule has 21 heavy (non-hydrogen) atoms. The molecule has 3 rings (SSSR count). The molecule has 0 aromatic heterocycles. The molecule has 2 heterocycles. The lowest BCUT2D eigenvalue weighted by Gasteiger charge is -2.35. The number of amides is 1. The van der Waals surface area contributed by atoms with Crippen molar-refractivity contribution in [2.24, 2.45) is 0 Å². The van der Waals surface area contributed by atoms with E-state index in [9.17, 15) is 9.18 Å². The van der Waals surface area contributed by atoms with Gasteiger partial charge in [0, 0.05) is 25.2 Å². The molecule has 0 radical (unpaired) electrons. The van der Waals surface area contributed by atoms with Crippen molar-refractivity contribution in [3.63, 3.8) is 0 Å². The van der Waals surface area contributed by atoms with E-state index in [0.717, 1.165) is 12.8 Å². The molecule has 2 aliphatic rings. The van der Waals surface area contributed by atoms with Gasteiger partial charge in [-0.25, -0.2) is 4.39 Å². The molecule has 0 saturated carbocycles. The summed E-state index contributed by atoms with van der Waals surface area (Å²) in [4.78, 5) is 14.1. The third-order valence-corrected chi connectivity index (χ3v) is 4.79. The number of carbonyl (C=O) groups excluding carboxylic acids is 1. The van der Waals surface area contributed by atoms with Gasteiger partial charge in [0.15, 0.2) is 5.82 Å². The Morgan fingerprint density at radius 2 is 1.95 bits per heavy atom. The first-order valence-corrected chi connectivity index (χ1v) is 7.41. The predicted molar refractivity (Wildman–Crippen MR) is 83.7 cm³/mol. The summed E-state index contributed by atoms with van der Waals surface area (Å²) in [6.45, 7) is 0. The van der Waals surface area contributed by atoms with Crippen molar-refractivity contribution in [3.8, 4) is 0 Å². The van der Waals surface area contributed by atoms with Gasteiger partial charge in [0.05, 0.1) is 10.6 Å². The lowest BCUT2D eigenvalue weighted by Crippen LogP contribution is -2.48. The Labute approximate surface area is 135 Å². The lowest BCUT2D eigenvalue weighted by molar-refractivity contribution is 0.0677. The second-order valence-corrected chi connectivity index (χ2v) is 6.19. The van der Waals surface area contributed by atoms with Gasteiger partial charge in [-0.1, -0.05) is 17.7 Å². The summed E-state index contributed by atoms with van der Waals surface area (Å²) in [7, 11) is 1.76. The van der Waals surface area contributed by atoms with Gasteiger partial charge < -0.3 is 10.2 Å². The normalized spacial score (nSPS) is 27.1. The van der Waals surface area contributed by atoms with Crippen LogP contribution in [-0.4, -0.2) is 36.0 Å². The quantitative estimate of drug-likeness (QED) is 0.901. The minimum Gasteiger partial charge on any atom is -0.339 e. The summed E-state index contributed by atoms with van der Waals surface area (Å²) in [5, 5.41) is 3.54. The molecule has 1 N–H and O–H groups in total. The largest absolute Gasteiger partial charge is 0.339 e. The number of benzene rings is 1. The number of nitrogens with zero attached hydrogens (tertiary/aromatic N) is 1. The van der Waals surface area contributed by atoms with Crippen LogP contribution >= 0.6 is 24.0 Å². The zero-order valence-corrected chi connectivity index (χ0v) is 13.4. The molecule has 1 aromatic rings. The smallest absolute Gasteiger partial charge is 0.256 e. The number of rotatable bonds is 2. The number of fused-ring (bicyclic) bond motifs is 2. The summed E-state index contributed by atoms with van der Waals surface area (Å²) < 4.78 is 14.0. The molecule has 2 aliphatic heterocycles. The Balaban J connectivity index is 0.00000161. The summed E-state index contributed by atoms with van der Waals surface area (Å²) >= 11 is 5.75. The van der Waals surface area contributed by atoms with Crippen LogP contribution in [0, 0.1) is 5.82 Å². The monoisotopic (exact) mass is 332 g/mol. The van der Waals surface area contributed by atoms with Crippen LogP contribution < -0.4 is 5.32 Å². The van der Waals surface area contributed by atoms with Crippen LogP contribution in [0.15, 0.2) is 18.2 Å². The molecule has 0 aliphatic carbocycles. The molecule has 116 valence electrons. The second kappa shape index (κ2) is 6.51. The van der Waals surface area contributed by atoms with Crippen molar-refractivity contribution in [1.82, 2.24) is 10.2 Å². The van der Waals surface area contributed by atoms with Crippen LogP contribution in [0.1, 0.15) is 36.0 Å². The third-order valence-electron chi connectivity index (χ3n) is 4.50. The number of halogens is 3. The van der Waals surface area contributed by atoms with E-state index in [1.165, 1.54) is 25.0 Å². The molecule has 2 atom stereocenters. The van der Waals surface area contributed by atoms with Crippen LogP contribution in [0.25, 0.3) is 0 Å². The van der Waals surface area contributed by atoms with Gasteiger partial charge in [0.25, 0.3) is 5.91 Å². The highest BCUT2D eigenvalue weighted by Crippen LogP contribution is 2.30. The summed E-state index contributed by atoms with van der Waals surface area (Å²) in [6.07, 6.45) is 4.24. The van der Waals surface area contributed by atoms with Gasteiger partial charge >= 0.3 is 0 Å². The van der Waals surface area contributed by atoms with Crippen LogP contribution in [0.4, 0.5) is 4.39 Å². The topological polar surface area (TPSA) is 32.3 Å². The van der Waals surface area contributed by atoms with Crippen molar-refractivity contribution in [3.05, 3.63) is 34.6 Å². The number of hydrogen-bond acceptors (Lipinski definition) is 2. The zero-order chi connectivity index (χ0) is 14.3. The van der Waals surface area contributed by atoms with Crippen LogP contribution in [-0.2, 0) is 0 Å². The van der Waals surface area contributed by atoms with Crippen molar-refractivity contribution in [2.75, 3.05) is 7.05 Å². The minimum absolute atomic E-state index is 0. The first-order chi connectivity index (χ1) is 9.56. The van der Waals surface area contributed by atoms with Crippen molar-refractivity contribution in [1.29, 1.82) is 0 Å². The standard InChI is InChI=1S/C15H18ClFN2O.ClH/c1-19(11-7-9-5-6-10(8-11)18-9)15(20)12-3-2-4-13(16)14(12)17;/h2-4,9-11,18H,5-8H2,1H3;1H. The summed E-state index contributed by atoms with van der Waals surface area (Å²) in [5.74, 6) is -0.903. The Morgan fingerprint density at radius 1 is 1.33 bits per heavy atom. The first-order valence-electron chi connectivity index (χ1n) is 7.03. The van der Waals surface area contributed by atoms with Crippen LogP contribution in [0.3, 0.4) is 0 Å². The SMILES string of the molecule is CN(C(=O)c1cccc(Cl)c1F)C1CC2CCC(C1)N2.Cl. The molecular weight excluding hydrogens is 314 g/mol. The molecule has 2 unspecified atom stereocenters. The Morgan fingerprint density at radius 3 is 2.57 bits per heavy atom. The van der Waals surface area contributed by atoms with E-state index in [-0.39, 0.29) is 34.9 Å². The van der Waals surface area contributed by atoms with Gasteiger partial charge in [-0.15, -0.1) is 12.4 Å². The maximum Gasteiger partial charge on any atom is 0.256 e. The predicted octanol–water partition coefficient (Wildman–Crippen LogP) is 3.26. The second-order valence-electron chi connectivity index (χ2n) is 5.78. The van der Waals surface area contributed by atoms with Gasteiger partial charge in [0.2, 0.25) is 0 Å². The first kappa shape index (κ1) is 16.5. The van der Waals surface area contributed by atoms with E-state index in [1.807, 2.05) is 0 Å². The number of piperidine rings is 1. The average Bonchev–Trinajstić information content (AvgIpc) is 2.79. The number of carbonyl (C=O) groups is 1. The molecule has 3 nitrogen and oxygen atoms in total. The van der Waals surface area contributed by atoms with Gasteiger partial charge in [-0.05, 0) is 37.8 Å². The number of hydrogen-bond donors (Lipinski definition) is 1. The van der Waals surface area contributed by atoms with E-state index in [1.54, 1.807) is 18.0 Å². The molecule has 6 heteroatoms. The number of nitrogens with one attached hydrogen (secondary N) is 1. The molecule has 1 aromatic carbocycles. The van der Waals surface area contributed by atoms with Crippen molar-refractivity contribution < 1.29 is 9.18 Å². The Bertz CT molecular complexity index is 528. The third kappa shape index (κ3) is 3.17. The fourth-order valence-electron chi connectivity index (χ4n) is 3.37. The van der Waals surface area contributed by atoms with E-state index < -0.39 is 5.82 Å². The van der Waals surface area contributed by atoms with E-state index in [2.05, 4.69) is 5.32 Å². The molecule has 2 fully saturated rings. The van der Waals surface area contributed by atoms with Crippen LogP contribution in [0.2, 0.25) is 5.02 Å². The van der Waals surface area contributed by atoms with Gasteiger partial charge in [-0.3, -0.25) is 4.79 Å². The molecule has 0 spiro atoms. The van der Waals surface area contributed by atoms with E-state index >= 15 is 0 Å². The minimum atomic E-state index is -0.622. The molecule has 2 saturated heterocycles. The van der Waals surface area contributed by atoms with Gasteiger partial charge in [-0.2, -0.15) is 0 Å². The lowest BCUT2D eigenvalue weighted by atomic mass is 9.98. The van der Waals surface area contributed by atoms with Crippen LogP contribution in [0.5, 0.6) is 0 Å². The van der Waals surface area contributed by atoms with E-state index in [0.29, 0.717) is 12.1 Å². The summed E-state index contributed by atoms with van der Waals surface area (Å²) in [5.41, 5.74) is 0.0610. The Kier molecular flexibility index (Phi) is 5.12. The summed E-state index contributed by atoms with van der Waals surface area (Å²) in [6, 6.07) is 5.74. The molecular formula is C15H19Cl2FN2O. The average molecular weight is 333 g/mol. The maximum atomic E-state index is 14.0. The van der Waals surface area contributed by atoms with Gasteiger partial charge in [0.1, 0.15) is 0 Å². The Hall–Kier alpha value is -0.840.